The molecule has 13 nitrogen and oxygen atoms in total. The number of fused-ring (bicyclic) bond motifs is 1. The van der Waals surface area contributed by atoms with Gasteiger partial charge in [0, 0.05) is 30.2 Å². The van der Waals surface area contributed by atoms with Gasteiger partial charge in [0.25, 0.3) is 0 Å². The number of likely N-dealkylation sites (tertiary alicyclic amines) is 1. The maximum atomic E-state index is 13.5. The average molecular weight is 618 g/mol. The summed E-state index contributed by atoms with van der Waals surface area (Å²) in [6.45, 7) is 0.347. The van der Waals surface area contributed by atoms with Crippen LogP contribution in [0.25, 0.3) is 10.8 Å². The Kier molecular flexibility index (Phi) is 11.5. The summed E-state index contributed by atoms with van der Waals surface area (Å²) in [7, 11) is 1.55. The molecule has 238 valence electrons. The molecule has 1 fully saturated rings. The van der Waals surface area contributed by atoms with Crippen molar-refractivity contribution in [3.8, 4) is 5.75 Å². The number of ether oxygens (including phenoxy) is 2. The number of hydrogen-bond acceptors (Lipinski definition) is 7. The first-order valence-corrected chi connectivity index (χ1v) is 14.7. The van der Waals surface area contributed by atoms with Gasteiger partial charge in [-0.05, 0) is 42.7 Å². The van der Waals surface area contributed by atoms with E-state index in [1.54, 1.807) is 13.2 Å². The van der Waals surface area contributed by atoms with E-state index in [0.717, 1.165) is 16.3 Å². The SMILES string of the molecule is COc1cc(NC(=O)[C@H](CCCN=C(N)N)NC(=O)[C@@H]2CCCN2C(=O)CNC(=O)OCc2ccccc2)cc2ccccc12. The quantitative estimate of drug-likeness (QED) is 0.110. The van der Waals surface area contributed by atoms with Crippen LogP contribution >= 0.6 is 0 Å². The number of aliphatic imine (C=N–C) groups is 1. The normalized spacial score (nSPS) is 14.7. The zero-order valence-electron chi connectivity index (χ0n) is 25.2. The van der Waals surface area contributed by atoms with Gasteiger partial charge in [-0.2, -0.15) is 0 Å². The van der Waals surface area contributed by atoms with Crippen LogP contribution in [0.3, 0.4) is 0 Å². The Balaban J connectivity index is 1.38. The molecule has 4 rings (SSSR count). The molecule has 3 aromatic rings. The third kappa shape index (κ3) is 9.33. The van der Waals surface area contributed by atoms with Crippen molar-refractivity contribution in [2.24, 2.45) is 16.5 Å². The number of methoxy groups -OCH3 is 1. The fourth-order valence-corrected chi connectivity index (χ4v) is 5.15. The second-order valence-electron chi connectivity index (χ2n) is 10.6. The van der Waals surface area contributed by atoms with Crippen LogP contribution < -0.4 is 32.2 Å². The third-order valence-corrected chi connectivity index (χ3v) is 7.36. The van der Waals surface area contributed by atoms with E-state index in [0.29, 0.717) is 37.2 Å². The molecule has 1 heterocycles. The number of carbonyl (C=O) groups excluding carboxylic acids is 4. The van der Waals surface area contributed by atoms with Gasteiger partial charge in [-0.1, -0.05) is 54.6 Å². The van der Waals surface area contributed by atoms with Crippen LogP contribution in [0.15, 0.2) is 71.7 Å². The van der Waals surface area contributed by atoms with Crippen molar-refractivity contribution in [1.29, 1.82) is 0 Å². The maximum absolute atomic E-state index is 13.5. The summed E-state index contributed by atoms with van der Waals surface area (Å²) >= 11 is 0. The van der Waals surface area contributed by atoms with E-state index in [1.807, 2.05) is 60.7 Å². The molecule has 0 aliphatic carbocycles. The first-order valence-electron chi connectivity index (χ1n) is 14.7. The van der Waals surface area contributed by atoms with E-state index >= 15 is 0 Å². The summed E-state index contributed by atoms with van der Waals surface area (Å²) in [4.78, 5) is 57.5. The number of nitrogens with two attached hydrogens (primary N) is 2. The molecule has 1 aliphatic heterocycles. The number of anilines is 1. The molecule has 45 heavy (non-hydrogen) atoms. The summed E-state index contributed by atoms with van der Waals surface area (Å²) in [6.07, 6.45) is 0.935. The molecule has 1 saturated heterocycles. The minimum absolute atomic E-state index is 0.0637. The molecule has 1 aliphatic rings. The number of alkyl carbamates (subject to hydrolysis) is 1. The molecule has 3 aromatic carbocycles. The zero-order valence-corrected chi connectivity index (χ0v) is 25.2. The molecule has 7 N–H and O–H groups in total. The summed E-state index contributed by atoms with van der Waals surface area (Å²) in [6, 6.07) is 18.6. The van der Waals surface area contributed by atoms with Gasteiger partial charge >= 0.3 is 6.09 Å². The van der Waals surface area contributed by atoms with Gasteiger partial charge in [-0.3, -0.25) is 19.4 Å². The molecular weight excluding hydrogens is 578 g/mol. The molecular formula is C32H39N7O6. The zero-order chi connectivity index (χ0) is 32.2. The van der Waals surface area contributed by atoms with E-state index in [4.69, 9.17) is 20.9 Å². The molecule has 13 heteroatoms. The van der Waals surface area contributed by atoms with Gasteiger partial charge in [-0.15, -0.1) is 0 Å². The Morgan fingerprint density at radius 1 is 1.04 bits per heavy atom. The Hall–Kier alpha value is -5.33. The first kappa shape index (κ1) is 32.6. The number of rotatable bonds is 13. The lowest BCUT2D eigenvalue weighted by Gasteiger charge is -2.26. The van der Waals surface area contributed by atoms with E-state index in [9.17, 15) is 19.2 Å². The Morgan fingerprint density at radius 2 is 1.80 bits per heavy atom. The molecule has 0 unspecified atom stereocenters. The van der Waals surface area contributed by atoms with Crippen LogP contribution in [-0.2, 0) is 25.7 Å². The van der Waals surface area contributed by atoms with Gasteiger partial charge in [0.05, 0.1) is 7.11 Å². The number of benzene rings is 3. The highest BCUT2D eigenvalue weighted by Gasteiger charge is 2.36. The number of nitrogens with one attached hydrogen (secondary N) is 3. The van der Waals surface area contributed by atoms with Crippen molar-refractivity contribution in [2.75, 3.05) is 32.1 Å². The molecule has 0 bridgehead atoms. The number of carbonyl (C=O) groups is 4. The monoisotopic (exact) mass is 617 g/mol. The minimum atomic E-state index is -0.937. The van der Waals surface area contributed by atoms with Crippen LogP contribution in [0.4, 0.5) is 10.5 Å². The largest absolute Gasteiger partial charge is 0.496 e. The average Bonchev–Trinajstić information content (AvgIpc) is 3.54. The van der Waals surface area contributed by atoms with Crippen molar-refractivity contribution >= 4 is 46.2 Å². The molecule has 0 radical (unpaired) electrons. The van der Waals surface area contributed by atoms with E-state index in [-0.39, 0.29) is 32.1 Å². The fraction of sp³-hybridized carbons (Fsp3) is 0.344. The maximum Gasteiger partial charge on any atom is 0.407 e. The minimum Gasteiger partial charge on any atom is -0.496 e. The van der Waals surface area contributed by atoms with E-state index < -0.39 is 35.9 Å². The van der Waals surface area contributed by atoms with Crippen LogP contribution in [0.5, 0.6) is 5.75 Å². The van der Waals surface area contributed by atoms with E-state index in [2.05, 4.69) is 20.9 Å². The van der Waals surface area contributed by atoms with Crippen molar-refractivity contribution < 1.29 is 28.7 Å². The highest BCUT2D eigenvalue weighted by molar-refractivity contribution is 6.01. The van der Waals surface area contributed by atoms with Crippen LogP contribution in [0.1, 0.15) is 31.2 Å². The number of amides is 4. The first-order chi connectivity index (χ1) is 21.7. The number of hydrogen-bond donors (Lipinski definition) is 5. The third-order valence-electron chi connectivity index (χ3n) is 7.36. The van der Waals surface area contributed by atoms with Gasteiger partial charge in [-0.25, -0.2) is 4.79 Å². The van der Waals surface area contributed by atoms with Crippen molar-refractivity contribution in [1.82, 2.24) is 15.5 Å². The van der Waals surface area contributed by atoms with Crippen molar-refractivity contribution in [3.05, 3.63) is 72.3 Å². The molecule has 4 amide bonds. The predicted molar refractivity (Wildman–Crippen MR) is 170 cm³/mol. The summed E-state index contributed by atoms with van der Waals surface area (Å²) < 4.78 is 10.7. The van der Waals surface area contributed by atoms with Crippen LogP contribution in [0.2, 0.25) is 0 Å². The lowest BCUT2D eigenvalue weighted by atomic mass is 10.1. The van der Waals surface area contributed by atoms with Crippen LogP contribution in [-0.4, -0.2) is 73.5 Å². The smallest absolute Gasteiger partial charge is 0.407 e. The summed E-state index contributed by atoms with van der Waals surface area (Å²) in [5.41, 5.74) is 12.2. The van der Waals surface area contributed by atoms with Gasteiger partial charge in [0.2, 0.25) is 17.7 Å². The topological polar surface area (TPSA) is 190 Å². The van der Waals surface area contributed by atoms with Crippen molar-refractivity contribution in [3.63, 3.8) is 0 Å². The molecule has 0 saturated carbocycles. The van der Waals surface area contributed by atoms with Gasteiger partial charge < -0.3 is 41.8 Å². The summed E-state index contributed by atoms with van der Waals surface area (Å²) in [5.74, 6) is -0.814. The number of nitrogens with zero attached hydrogens (tertiary/aromatic N) is 2. The molecule has 0 aromatic heterocycles. The summed E-state index contributed by atoms with van der Waals surface area (Å²) in [5, 5.41) is 9.92. The lowest BCUT2D eigenvalue weighted by molar-refractivity contribution is -0.138. The lowest BCUT2D eigenvalue weighted by Crippen LogP contribution is -2.53. The highest BCUT2D eigenvalue weighted by Crippen LogP contribution is 2.30. The van der Waals surface area contributed by atoms with E-state index in [1.165, 1.54) is 4.90 Å². The van der Waals surface area contributed by atoms with Gasteiger partial charge in [0.15, 0.2) is 5.96 Å². The predicted octanol–water partition coefficient (Wildman–Crippen LogP) is 2.24. The number of guanidine groups is 1. The molecule has 2 atom stereocenters. The second-order valence-corrected chi connectivity index (χ2v) is 10.6. The Labute approximate surface area is 261 Å². The standard InChI is InChI=1S/C32H39N7O6/c1-44-27-18-23(17-22-11-5-6-12-24(22)27)37-29(41)25(13-7-15-35-31(33)34)38-30(42)26-14-8-16-39(26)28(40)19-36-32(43)45-20-21-9-3-2-4-10-21/h2-6,9-12,17-18,25-26H,7-8,13-16,19-20H2,1H3,(H,36,43)(H,37,41)(H,38,42)(H4,33,34,35)/t25-,26-/m0/s1. The second kappa shape index (κ2) is 15.9. The Morgan fingerprint density at radius 3 is 2.56 bits per heavy atom. The highest BCUT2D eigenvalue weighted by atomic mass is 16.5. The molecule has 0 spiro atoms. The van der Waals surface area contributed by atoms with Crippen molar-refractivity contribution in [2.45, 2.75) is 44.4 Å². The Bertz CT molecular complexity index is 1530. The van der Waals surface area contributed by atoms with Gasteiger partial charge in [0.1, 0.15) is 31.0 Å². The van der Waals surface area contributed by atoms with Crippen LogP contribution in [0, 0.1) is 0 Å². The fourth-order valence-electron chi connectivity index (χ4n) is 5.15.